The standard InChI is InChI=1S/C21H19F2N3O2/c1-13-11-15(22)8-9-16(13)21(27)26-10-4-5-14(12-26)20-24-19(25-28-20)17-6-2-3-7-18(17)23/h2-3,6-9,11,14H,4-5,10,12H2,1H3/t14-/m0/s1. The molecule has 144 valence electrons. The van der Waals surface area contributed by atoms with E-state index in [1.165, 1.54) is 24.3 Å². The lowest BCUT2D eigenvalue weighted by atomic mass is 9.96. The fraction of sp³-hybridized carbons (Fsp3) is 0.286. The van der Waals surface area contributed by atoms with E-state index in [1.807, 2.05) is 0 Å². The molecule has 7 heteroatoms. The lowest BCUT2D eigenvalue weighted by Crippen LogP contribution is -2.39. The Balaban J connectivity index is 1.53. The summed E-state index contributed by atoms with van der Waals surface area (Å²) in [5, 5.41) is 3.90. The van der Waals surface area contributed by atoms with Gasteiger partial charge >= 0.3 is 0 Å². The van der Waals surface area contributed by atoms with Crippen molar-refractivity contribution in [2.45, 2.75) is 25.7 Å². The van der Waals surface area contributed by atoms with Crippen LogP contribution in [0.3, 0.4) is 0 Å². The highest BCUT2D eigenvalue weighted by atomic mass is 19.1. The summed E-state index contributed by atoms with van der Waals surface area (Å²) in [7, 11) is 0. The third-order valence-corrected chi connectivity index (χ3v) is 5.03. The van der Waals surface area contributed by atoms with Gasteiger partial charge in [0.15, 0.2) is 0 Å². The van der Waals surface area contributed by atoms with Crippen molar-refractivity contribution in [3.05, 3.63) is 71.1 Å². The van der Waals surface area contributed by atoms with Crippen LogP contribution in [-0.4, -0.2) is 34.0 Å². The van der Waals surface area contributed by atoms with E-state index in [0.717, 1.165) is 12.8 Å². The SMILES string of the molecule is Cc1cc(F)ccc1C(=O)N1CCC[C@H](c2nc(-c3ccccc3F)no2)C1. The van der Waals surface area contributed by atoms with E-state index in [2.05, 4.69) is 10.1 Å². The fourth-order valence-electron chi connectivity index (χ4n) is 3.55. The van der Waals surface area contributed by atoms with Crippen molar-refractivity contribution >= 4 is 5.91 Å². The molecule has 2 heterocycles. The van der Waals surface area contributed by atoms with Crippen LogP contribution in [0.5, 0.6) is 0 Å². The number of hydrogen-bond acceptors (Lipinski definition) is 4. The van der Waals surface area contributed by atoms with Gasteiger partial charge in [-0.2, -0.15) is 4.98 Å². The van der Waals surface area contributed by atoms with Gasteiger partial charge in [-0.05, 0) is 55.7 Å². The van der Waals surface area contributed by atoms with Gasteiger partial charge in [-0.25, -0.2) is 8.78 Å². The molecule has 28 heavy (non-hydrogen) atoms. The molecule has 1 aliphatic heterocycles. The maximum Gasteiger partial charge on any atom is 0.254 e. The largest absolute Gasteiger partial charge is 0.339 e. The molecule has 1 fully saturated rings. The van der Waals surface area contributed by atoms with Gasteiger partial charge in [-0.1, -0.05) is 17.3 Å². The molecule has 2 aromatic carbocycles. The second-order valence-electron chi connectivity index (χ2n) is 6.99. The second-order valence-corrected chi connectivity index (χ2v) is 6.99. The van der Waals surface area contributed by atoms with Crippen molar-refractivity contribution in [2.24, 2.45) is 0 Å². The summed E-state index contributed by atoms with van der Waals surface area (Å²) in [6.07, 6.45) is 1.58. The Kier molecular flexibility index (Phi) is 4.90. The van der Waals surface area contributed by atoms with Gasteiger partial charge in [0.05, 0.1) is 11.5 Å². The molecular weight excluding hydrogens is 364 g/mol. The maximum atomic E-state index is 13.9. The van der Waals surface area contributed by atoms with Crippen LogP contribution in [0.25, 0.3) is 11.4 Å². The minimum atomic E-state index is -0.415. The van der Waals surface area contributed by atoms with Gasteiger partial charge in [-0.3, -0.25) is 4.79 Å². The molecule has 0 N–H and O–H groups in total. The summed E-state index contributed by atoms with van der Waals surface area (Å²) >= 11 is 0. The summed E-state index contributed by atoms with van der Waals surface area (Å²) in [6.45, 7) is 2.76. The molecular formula is C21H19F2N3O2. The maximum absolute atomic E-state index is 13.9. The van der Waals surface area contributed by atoms with E-state index in [0.29, 0.717) is 30.1 Å². The molecule has 0 saturated carbocycles. The highest BCUT2D eigenvalue weighted by molar-refractivity contribution is 5.95. The summed E-state index contributed by atoms with van der Waals surface area (Å²) < 4.78 is 32.6. The van der Waals surface area contributed by atoms with Gasteiger partial charge in [0.1, 0.15) is 11.6 Å². The number of piperidine rings is 1. The van der Waals surface area contributed by atoms with E-state index in [-0.39, 0.29) is 29.0 Å². The average molecular weight is 383 g/mol. The molecule has 0 aliphatic carbocycles. The van der Waals surface area contributed by atoms with Crippen LogP contribution in [0.15, 0.2) is 47.0 Å². The average Bonchev–Trinajstić information content (AvgIpc) is 3.18. The van der Waals surface area contributed by atoms with E-state index < -0.39 is 5.82 Å². The molecule has 5 nitrogen and oxygen atoms in total. The monoisotopic (exact) mass is 383 g/mol. The van der Waals surface area contributed by atoms with Crippen LogP contribution >= 0.6 is 0 Å². The molecule has 1 amide bonds. The Morgan fingerprint density at radius 2 is 2.04 bits per heavy atom. The first-order valence-corrected chi connectivity index (χ1v) is 9.17. The van der Waals surface area contributed by atoms with Crippen LogP contribution in [-0.2, 0) is 0 Å². The number of aryl methyl sites for hydroxylation is 1. The van der Waals surface area contributed by atoms with E-state index >= 15 is 0 Å². The van der Waals surface area contributed by atoms with Crippen LogP contribution < -0.4 is 0 Å². The summed E-state index contributed by atoms with van der Waals surface area (Å²) in [5.74, 6) is -0.445. The number of hydrogen-bond donors (Lipinski definition) is 0. The van der Waals surface area contributed by atoms with Gasteiger partial charge in [0, 0.05) is 18.7 Å². The van der Waals surface area contributed by atoms with Crippen LogP contribution in [0.1, 0.15) is 40.6 Å². The smallest absolute Gasteiger partial charge is 0.254 e. The number of carbonyl (C=O) groups excluding carboxylic acids is 1. The fourth-order valence-corrected chi connectivity index (χ4v) is 3.55. The van der Waals surface area contributed by atoms with Gasteiger partial charge in [-0.15, -0.1) is 0 Å². The van der Waals surface area contributed by atoms with Crippen LogP contribution in [0.2, 0.25) is 0 Å². The highest BCUT2D eigenvalue weighted by Crippen LogP contribution is 2.29. The molecule has 0 bridgehead atoms. The first kappa shape index (κ1) is 18.3. The second kappa shape index (κ2) is 7.50. The van der Waals surface area contributed by atoms with Crippen molar-refractivity contribution in [2.75, 3.05) is 13.1 Å². The third kappa shape index (κ3) is 3.52. The van der Waals surface area contributed by atoms with Crippen molar-refractivity contribution in [3.63, 3.8) is 0 Å². The number of rotatable bonds is 3. The zero-order valence-corrected chi connectivity index (χ0v) is 15.4. The summed E-state index contributed by atoms with van der Waals surface area (Å²) in [6, 6.07) is 10.4. The quantitative estimate of drug-likeness (QED) is 0.675. The molecule has 1 aromatic heterocycles. The number of nitrogens with zero attached hydrogens (tertiary/aromatic N) is 3. The first-order valence-electron chi connectivity index (χ1n) is 9.17. The van der Waals surface area contributed by atoms with E-state index in [9.17, 15) is 13.6 Å². The summed E-state index contributed by atoms with van der Waals surface area (Å²) in [5.41, 5.74) is 1.37. The van der Waals surface area contributed by atoms with Gasteiger partial charge in [0.25, 0.3) is 5.91 Å². The molecule has 0 unspecified atom stereocenters. The zero-order chi connectivity index (χ0) is 19.7. The minimum Gasteiger partial charge on any atom is -0.339 e. The molecule has 1 saturated heterocycles. The predicted octanol–water partition coefficient (Wildman–Crippen LogP) is 4.34. The lowest BCUT2D eigenvalue weighted by molar-refractivity contribution is 0.0695. The Bertz CT molecular complexity index is 1020. The Hall–Kier alpha value is -3.09. The number of benzene rings is 2. The number of halogens is 2. The number of aromatic nitrogens is 2. The normalized spacial score (nSPS) is 17.0. The third-order valence-electron chi connectivity index (χ3n) is 5.03. The topological polar surface area (TPSA) is 59.2 Å². The van der Waals surface area contributed by atoms with Crippen LogP contribution in [0, 0.1) is 18.6 Å². The van der Waals surface area contributed by atoms with Crippen molar-refractivity contribution < 1.29 is 18.1 Å². The van der Waals surface area contributed by atoms with Gasteiger partial charge < -0.3 is 9.42 Å². The summed E-state index contributed by atoms with van der Waals surface area (Å²) in [4.78, 5) is 18.9. The first-order chi connectivity index (χ1) is 13.5. The predicted molar refractivity (Wildman–Crippen MR) is 98.7 cm³/mol. The van der Waals surface area contributed by atoms with E-state index in [4.69, 9.17) is 4.52 Å². The van der Waals surface area contributed by atoms with Gasteiger partial charge in [0.2, 0.25) is 11.7 Å². The highest BCUT2D eigenvalue weighted by Gasteiger charge is 2.30. The minimum absolute atomic E-state index is 0.119. The van der Waals surface area contributed by atoms with E-state index in [1.54, 1.807) is 30.0 Å². The number of likely N-dealkylation sites (tertiary alicyclic amines) is 1. The molecule has 3 aromatic rings. The Labute approximate surface area is 161 Å². The van der Waals surface area contributed by atoms with Crippen LogP contribution in [0.4, 0.5) is 8.78 Å². The molecule has 0 radical (unpaired) electrons. The van der Waals surface area contributed by atoms with Crippen molar-refractivity contribution in [3.8, 4) is 11.4 Å². The molecule has 1 aliphatic rings. The number of carbonyl (C=O) groups is 1. The Morgan fingerprint density at radius 1 is 1.21 bits per heavy atom. The van der Waals surface area contributed by atoms with Crippen molar-refractivity contribution in [1.29, 1.82) is 0 Å². The lowest BCUT2D eigenvalue weighted by Gasteiger charge is -2.31. The molecule has 4 rings (SSSR count). The Morgan fingerprint density at radius 3 is 2.82 bits per heavy atom. The zero-order valence-electron chi connectivity index (χ0n) is 15.4. The molecule has 0 spiro atoms. The number of amides is 1. The molecule has 1 atom stereocenters. The van der Waals surface area contributed by atoms with Crippen molar-refractivity contribution in [1.82, 2.24) is 15.0 Å².